The summed E-state index contributed by atoms with van der Waals surface area (Å²) in [5.74, 6) is -0.973. The first-order valence-electron chi connectivity index (χ1n) is 28.7. The maximum absolute atomic E-state index is 12.8. The number of ether oxygens (including phenoxy) is 3. The lowest BCUT2D eigenvalue weighted by molar-refractivity contribution is -0.167. The molecule has 0 heterocycles. The molecule has 0 saturated carbocycles. The van der Waals surface area contributed by atoms with E-state index in [4.69, 9.17) is 14.2 Å². The molecule has 0 radical (unpaired) electrons. The number of hydrogen-bond acceptors (Lipinski definition) is 6. The van der Waals surface area contributed by atoms with Crippen LogP contribution in [0.25, 0.3) is 0 Å². The molecule has 0 aromatic heterocycles. The summed E-state index contributed by atoms with van der Waals surface area (Å²) in [6.07, 6.45) is 81.7. The highest BCUT2D eigenvalue weighted by Gasteiger charge is 2.19. The predicted molar refractivity (Wildman–Crippen MR) is 306 cm³/mol. The van der Waals surface area contributed by atoms with Crippen molar-refractivity contribution in [2.45, 2.75) is 245 Å². The Morgan fingerprint density at radius 3 is 0.803 bits per heavy atom. The molecule has 6 nitrogen and oxygen atoms in total. The van der Waals surface area contributed by atoms with E-state index in [1.165, 1.54) is 57.8 Å². The van der Waals surface area contributed by atoms with Gasteiger partial charge in [-0.25, -0.2) is 0 Å². The van der Waals surface area contributed by atoms with Crippen LogP contribution in [0, 0.1) is 0 Å². The summed E-state index contributed by atoms with van der Waals surface area (Å²) in [6.45, 7) is 6.23. The summed E-state index contributed by atoms with van der Waals surface area (Å²) in [6, 6.07) is 0. The highest BCUT2D eigenvalue weighted by atomic mass is 16.6. The molecule has 0 aromatic rings. The average Bonchev–Trinajstić information content (AvgIpc) is 3.37. The molecule has 1 unspecified atom stereocenters. The van der Waals surface area contributed by atoms with Gasteiger partial charge in [-0.2, -0.15) is 0 Å². The minimum absolute atomic E-state index is 0.105. The van der Waals surface area contributed by atoms with Crippen LogP contribution in [0.4, 0.5) is 0 Å². The second-order valence-corrected chi connectivity index (χ2v) is 18.4. The van der Waals surface area contributed by atoms with Crippen LogP contribution in [0.1, 0.15) is 239 Å². The topological polar surface area (TPSA) is 78.9 Å². The van der Waals surface area contributed by atoms with Gasteiger partial charge in [0.15, 0.2) is 6.10 Å². The molecule has 71 heavy (non-hydrogen) atoms. The highest BCUT2D eigenvalue weighted by molar-refractivity contribution is 5.71. The van der Waals surface area contributed by atoms with Crippen LogP contribution >= 0.6 is 0 Å². The lowest BCUT2D eigenvalue weighted by Gasteiger charge is -2.18. The normalized spacial score (nSPS) is 13.1. The van der Waals surface area contributed by atoms with Crippen LogP contribution in [0.15, 0.2) is 134 Å². The van der Waals surface area contributed by atoms with E-state index < -0.39 is 6.10 Å². The molecule has 0 fully saturated rings. The van der Waals surface area contributed by atoms with Crippen molar-refractivity contribution in [3.05, 3.63) is 134 Å². The minimum Gasteiger partial charge on any atom is -0.462 e. The van der Waals surface area contributed by atoms with Crippen molar-refractivity contribution in [3.8, 4) is 0 Å². The lowest BCUT2D eigenvalue weighted by atomic mass is 10.0. The van der Waals surface area contributed by atoms with Gasteiger partial charge in [0.05, 0.1) is 0 Å². The van der Waals surface area contributed by atoms with E-state index >= 15 is 0 Å². The molecule has 6 heteroatoms. The SMILES string of the molecule is CC/C=C\C/C=C\C/C=C\C/C=C\C/C=C\CCCCCCCCCCCCCC(=O)OCC(COC(=O)CCCCC/C=C\C/C=C\C/C=C\CC)OC(=O)CCCCC/C=C\C/C=C\C/C=C\CC. The molecule has 0 amide bonds. The average molecular weight is 982 g/mol. The van der Waals surface area contributed by atoms with E-state index in [2.05, 4.69) is 154 Å². The minimum atomic E-state index is -0.811. The number of rotatable bonds is 50. The Hall–Kier alpha value is -4.45. The standard InChI is InChI=1S/C65H104O6/c1-4-7-10-13-16-19-22-25-26-27-28-29-30-31-32-33-34-35-36-37-38-41-43-46-49-52-55-58-64(67)70-61-62(71-65(68)59-56-53-50-47-44-40-24-21-18-15-12-9-6-3)60-69-63(66)57-54-51-48-45-42-39-23-20-17-14-11-8-5-2/h7-12,16-21,25-26,28-29,31-32,39-40,42,44,62H,4-6,13-15,22-24,27,30,33-38,41,43,45-61H2,1-3H3/b10-7-,11-8-,12-9-,19-16-,20-17-,21-18-,26-25-,29-28-,32-31-,42-39-,44-40-. The number of allylic oxidation sites excluding steroid dienone is 22. The van der Waals surface area contributed by atoms with Crippen molar-refractivity contribution in [3.63, 3.8) is 0 Å². The number of carbonyl (C=O) groups is 3. The molecular weight excluding hydrogens is 877 g/mol. The lowest BCUT2D eigenvalue weighted by Crippen LogP contribution is -2.30. The Balaban J connectivity index is 4.32. The Morgan fingerprint density at radius 2 is 0.507 bits per heavy atom. The van der Waals surface area contributed by atoms with Gasteiger partial charge in [0.25, 0.3) is 0 Å². The van der Waals surface area contributed by atoms with Crippen molar-refractivity contribution in [1.82, 2.24) is 0 Å². The third-order valence-electron chi connectivity index (χ3n) is 11.6. The molecule has 0 saturated heterocycles. The van der Waals surface area contributed by atoms with Crippen LogP contribution in [0.5, 0.6) is 0 Å². The summed E-state index contributed by atoms with van der Waals surface area (Å²) >= 11 is 0. The van der Waals surface area contributed by atoms with Crippen LogP contribution in [0.3, 0.4) is 0 Å². The third kappa shape index (κ3) is 56.3. The molecule has 400 valence electrons. The summed E-state index contributed by atoms with van der Waals surface area (Å²) in [5.41, 5.74) is 0. The fourth-order valence-corrected chi connectivity index (χ4v) is 7.44. The molecule has 0 aromatic carbocycles. The molecule has 0 rings (SSSR count). The van der Waals surface area contributed by atoms with Gasteiger partial charge in [-0.05, 0) is 128 Å². The van der Waals surface area contributed by atoms with Crippen LogP contribution < -0.4 is 0 Å². The van der Waals surface area contributed by atoms with E-state index in [9.17, 15) is 14.4 Å². The molecule has 0 bridgehead atoms. The fraction of sp³-hybridized carbons (Fsp3) is 0.615. The van der Waals surface area contributed by atoms with Crippen LogP contribution in [-0.2, 0) is 28.6 Å². The molecule has 0 aliphatic heterocycles. The Morgan fingerprint density at radius 1 is 0.282 bits per heavy atom. The molecule has 0 aliphatic carbocycles. The van der Waals surface area contributed by atoms with Crippen molar-refractivity contribution in [2.75, 3.05) is 13.2 Å². The smallest absolute Gasteiger partial charge is 0.306 e. The van der Waals surface area contributed by atoms with Gasteiger partial charge in [0.1, 0.15) is 13.2 Å². The third-order valence-corrected chi connectivity index (χ3v) is 11.6. The Labute approximate surface area is 436 Å². The molecule has 0 spiro atoms. The maximum Gasteiger partial charge on any atom is 0.306 e. The first kappa shape index (κ1) is 66.6. The fourth-order valence-electron chi connectivity index (χ4n) is 7.44. The van der Waals surface area contributed by atoms with Crippen LogP contribution in [-0.4, -0.2) is 37.2 Å². The number of hydrogen-bond donors (Lipinski definition) is 0. The zero-order valence-corrected chi connectivity index (χ0v) is 45.7. The molecule has 0 aliphatic rings. The van der Waals surface area contributed by atoms with E-state index in [-0.39, 0.29) is 37.5 Å². The molecular formula is C65H104O6. The maximum atomic E-state index is 12.8. The van der Waals surface area contributed by atoms with Crippen LogP contribution in [0.2, 0.25) is 0 Å². The van der Waals surface area contributed by atoms with Gasteiger partial charge < -0.3 is 14.2 Å². The van der Waals surface area contributed by atoms with Gasteiger partial charge in [-0.3, -0.25) is 14.4 Å². The Bertz CT molecular complexity index is 1550. The predicted octanol–water partition coefficient (Wildman–Crippen LogP) is 19.4. The second kappa shape index (κ2) is 58.1. The van der Waals surface area contributed by atoms with E-state index in [1.807, 2.05) is 0 Å². The van der Waals surface area contributed by atoms with Gasteiger partial charge in [-0.15, -0.1) is 0 Å². The number of unbranched alkanes of at least 4 members (excludes halogenated alkanes) is 17. The summed E-state index contributed by atoms with van der Waals surface area (Å²) in [7, 11) is 0. The van der Waals surface area contributed by atoms with Gasteiger partial charge in [0, 0.05) is 19.3 Å². The summed E-state index contributed by atoms with van der Waals surface area (Å²) in [4.78, 5) is 38.1. The monoisotopic (exact) mass is 981 g/mol. The second-order valence-electron chi connectivity index (χ2n) is 18.4. The first-order chi connectivity index (χ1) is 35.0. The number of carbonyl (C=O) groups excluding carboxylic acids is 3. The van der Waals surface area contributed by atoms with Gasteiger partial charge in [0.2, 0.25) is 0 Å². The van der Waals surface area contributed by atoms with E-state index in [0.29, 0.717) is 12.8 Å². The summed E-state index contributed by atoms with van der Waals surface area (Å²) < 4.78 is 16.8. The van der Waals surface area contributed by atoms with Crippen molar-refractivity contribution < 1.29 is 28.6 Å². The zero-order valence-electron chi connectivity index (χ0n) is 45.7. The Kier molecular flexibility index (Phi) is 54.5. The van der Waals surface area contributed by atoms with Crippen molar-refractivity contribution in [2.24, 2.45) is 0 Å². The molecule has 1 atom stereocenters. The quantitative estimate of drug-likeness (QED) is 0.0262. The van der Waals surface area contributed by atoms with E-state index in [1.54, 1.807) is 0 Å². The largest absolute Gasteiger partial charge is 0.462 e. The van der Waals surface area contributed by atoms with E-state index in [0.717, 1.165) is 141 Å². The molecule has 0 N–H and O–H groups in total. The number of esters is 3. The summed E-state index contributed by atoms with van der Waals surface area (Å²) in [5, 5.41) is 0. The van der Waals surface area contributed by atoms with Gasteiger partial charge >= 0.3 is 17.9 Å². The zero-order chi connectivity index (χ0) is 51.4. The van der Waals surface area contributed by atoms with Crippen molar-refractivity contribution in [1.29, 1.82) is 0 Å². The first-order valence-corrected chi connectivity index (χ1v) is 28.7. The van der Waals surface area contributed by atoms with Crippen molar-refractivity contribution >= 4 is 17.9 Å². The highest BCUT2D eigenvalue weighted by Crippen LogP contribution is 2.14. The van der Waals surface area contributed by atoms with Gasteiger partial charge in [-0.1, -0.05) is 225 Å².